The molecule has 0 unspecified atom stereocenters. The van der Waals surface area contributed by atoms with Crippen molar-refractivity contribution in [3.05, 3.63) is 26.4 Å². The van der Waals surface area contributed by atoms with E-state index in [1.54, 1.807) is 0 Å². The first-order valence-corrected chi connectivity index (χ1v) is 5.63. The van der Waals surface area contributed by atoms with Crippen LogP contribution in [0.25, 0.3) is 0 Å². The molecular weight excluding hydrogens is 232 g/mol. The number of nitrogens with one attached hydrogen (secondary N) is 1. The highest BCUT2D eigenvalue weighted by molar-refractivity contribution is 5.51. The number of hydrogen-bond acceptors (Lipinski definition) is 4. The molecule has 18 heavy (non-hydrogen) atoms. The summed E-state index contributed by atoms with van der Waals surface area (Å²) in [5.74, 6) is 0.278. The van der Waals surface area contributed by atoms with Gasteiger partial charge >= 0.3 is 5.69 Å². The normalized spacial score (nSPS) is 11.1. The van der Waals surface area contributed by atoms with Gasteiger partial charge in [0.05, 0.1) is 0 Å². The molecule has 0 aliphatic carbocycles. The van der Waals surface area contributed by atoms with Crippen molar-refractivity contribution in [2.75, 3.05) is 11.9 Å². The van der Waals surface area contributed by atoms with E-state index in [4.69, 9.17) is 5.26 Å². The summed E-state index contributed by atoms with van der Waals surface area (Å²) in [6.07, 6.45) is 0. The maximum absolute atomic E-state index is 11.8. The predicted octanol–water partition coefficient (Wildman–Crippen LogP) is 0.414. The lowest BCUT2D eigenvalue weighted by molar-refractivity contribution is 0.441. The van der Waals surface area contributed by atoms with Crippen LogP contribution in [0.5, 0.6) is 0 Å². The molecule has 0 fully saturated rings. The fraction of sp³-hybridized carbons (Fsp3) is 0.583. The summed E-state index contributed by atoms with van der Waals surface area (Å²) in [4.78, 5) is 23.6. The van der Waals surface area contributed by atoms with Gasteiger partial charge in [-0.3, -0.25) is 13.9 Å². The van der Waals surface area contributed by atoms with Crippen LogP contribution in [0.1, 0.15) is 26.3 Å². The number of hydrogen-bond donors (Lipinski definition) is 1. The molecule has 1 rings (SSSR count). The Labute approximate surface area is 105 Å². The molecule has 0 saturated heterocycles. The van der Waals surface area contributed by atoms with Crippen LogP contribution in [-0.4, -0.2) is 15.7 Å². The lowest BCUT2D eigenvalue weighted by Crippen LogP contribution is -2.40. The first-order chi connectivity index (χ1) is 8.19. The van der Waals surface area contributed by atoms with Gasteiger partial charge in [0.1, 0.15) is 11.9 Å². The Balaban J connectivity index is 3.41. The van der Waals surface area contributed by atoms with Crippen LogP contribution in [-0.2, 0) is 14.1 Å². The van der Waals surface area contributed by atoms with E-state index in [0.29, 0.717) is 6.54 Å². The van der Waals surface area contributed by atoms with E-state index in [9.17, 15) is 9.59 Å². The molecule has 0 atom stereocenters. The van der Waals surface area contributed by atoms with Gasteiger partial charge in [-0.15, -0.1) is 0 Å². The Morgan fingerprint density at radius 3 is 2.22 bits per heavy atom. The number of anilines is 1. The zero-order valence-corrected chi connectivity index (χ0v) is 11.4. The molecule has 1 aromatic heterocycles. The quantitative estimate of drug-likeness (QED) is 0.824. The van der Waals surface area contributed by atoms with Crippen LogP contribution >= 0.6 is 0 Å². The first kappa shape index (κ1) is 14.0. The maximum atomic E-state index is 11.8. The average Bonchev–Trinajstić information content (AvgIpc) is 2.28. The molecule has 0 aliphatic rings. The lowest BCUT2D eigenvalue weighted by Gasteiger charge is -2.21. The van der Waals surface area contributed by atoms with Crippen molar-refractivity contribution in [2.24, 2.45) is 19.5 Å². The van der Waals surface area contributed by atoms with E-state index < -0.39 is 11.2 Å². The second kappa shape index (κ2) is 4.69. The summed E-state index contributed by atoms with van der Waals surface area (Å²) in [5.41, 5.74) is -1.08. The molecule has 0 saturated carbocycles. The van der Waals surface area contributed by atoms with Gasteiger partial charge in [0, 0.05) is 20.6 Å². The molecule has 1 heterocycles. The van der Waals surface area contributed by atoms with Crippen LogP contribution < -0.4 is 16.6 Å². The molecular formula is C12H18N4O2. The molecule has 0 spiro atoms. The average molecular weight is 250 g/mol. The van der Waals surface area contributed by atoms with Crippen LogP contribution in [0, 0.1) is 16.7 Å². The summed E-state index contributed by atoms with van der Waals surface area (Å²) < 4.78 is 2.21. The third kappa shape index (κ3) is 2.62. The smallest absolute Gasteiger partial charge is 0.332 e. The van der Waals surface area contributed by atoms with Gasteiger partial charge in [-0.2, -0.15) is 5.26 Å². The monoisotopic (exact) mass is 250 g/mol. The van der Waals surface area contributed by atoms with Crippen molar-refractivity contribution in [1.82, 2.24) is 9.13 Å². The molecule has 0 bridgehead atoms. The Morgan fingerprint density at radius 2 is 1.78 bits per heavy atom. The summed E-state index contributed by atoms with van der Waals surface area (Å²) in [5, 5.41) is 12.1. The summed E-state index contributed by atoms with van der Waals surface area (Å²) in [6, 6.07) is 1.85. The fourth-order valence-electron chi connectivity index (χ4n) is 1.50. The van der Waals surface area contributed by atoms with E-state index in [2.05, 4.69) is 5.32 Å². The molecule has 6 nitrogen and oxygen atoms in total. The van der Waals surface area contributed by atoms with Crippen molar-refractivity contribution < 1.29 is 0 Å². The second-order valence-corrected chi connectivity index (χ2v) is 5.46. The van der Waals surface area contributed by atoms with Crippen LogP contribution in [0.15, 0.2) is 9.59 Å². The zero-order valence-electron chi connectivity index (χ0n) is 11.4. The minimum absolute atomic E-state index is 0.0240. The molecule has 6 heteroatoms. The topological polar surface area (TPSA) is 79.8 Å². The summed E-state index contributed by atoms with van der Waals surface area (Å²) >= 11 is 0. The highest BCUT2D eigenvalue weighted by atomic mass is 16.2. The van der Waals surface area contributed by atoms with Gasteiger partial charge in [0.2, 0.25) is 0 Å². The van der Waals surface area contributed by atoms with Crippen molar-refractivity contribution in [3.63, 3.8) is 0 Å². The van der Waals surface area contributed by atoms with E-state index in [-0.39, 0.29) is 16.8 Å². The van der Waals surface area contributed by atoms with Gasteiger partial charge in [0.15, 0.2) is 5.56 Å². The minimum Gasteiger partial charge on any atom is -0.370 e. The van der Waals surface area contributed by atoms with Crippen LogP contribution in [0.4, 0.5) is 5.82 Å². The zero-order chi connectivity index (χ0) is 14.1. The molecule has 0 radical (unpaired) electrons. The SMILES string of the molecule is Cn1c(NCC(C)(C)C)c(C#N)c(=O)n(C)c1=O. The third-order valence-corrected chi connectivity index (χ3v) is 2.56. The van der Waals surface area contributed by atoms with Gasteiger partial charge < -0.3 is 5.32 Å². The van der Waals surface area contributed by atoms with Crippen LogP contribution in [0.2, 0.25) is 0 Å². The summed E-state index contributed by atoms with van der Waals surface area (Å²) in [6.45, 7) is 6.61. The number of nitriles is 1. The highest BCUT2D eigenvalue weighted by Crippen LogP contribution is 2.15. The van der Waals surface area contributed by atoms with Gasteiger partial charge in [-0.1, -0.05) is 20.8 Å². The Kier molecular flexibility index (Phi) is 3.65. The van der Waals surface area contributed by atoms with Gasteiger partial charge in [-0.05, 0) is 5.41 Å². The van der Waals surface area contributed by atoms with Gasteiger partial charge in [-0.25, -0.2) is 4.79 Å². The van der Waals surface area contributed by atoms with E-state index >= 15 is 0 Å². The molecule has 1 N–H and O–H groups in total. The minimum atomic E-state index is -0.572. The predicted molar refractivity (Wildman–Crippen MR) is 69.6 cm³/mol. The van der Waals surface area contributed by atoms with E-state index in [0.717, 1.165) is 4.57 Å². The van der Waals surface area contributed by atoms with Crippen molar-refractivity contribution in [1.29, 1.82) is 5.26 Å². The van der Waals surface area contributed by atoms with E-state index in [1.165, 1.54) is 18.7 Å². The molecule has 0 aromatic carbocycles. The highest BCUT2D eigenvalue weighted by Gasteiger charge is 2.17. The summed E-state index contributed by atoms with van der Waals surface area (Å²) in [7, 11) is 2.90. The van der Waals surface area contributed by atoms with E-state index in [1.807, 2.05) is 26.8 Å². The largest absolute Gasteiger partial charge is 0.370 e. The maximum Gasteiger partial charge on any atom is 0.332 e. The molecule has 98 valence electrons. The lowest BCUT2D eigenvalue weighted by atomic mass is 9.97. The number of rotatable bonds is 2. The Hall–Kier alpha value is -2.03. The number of aromatic nitrogens is 2. The second-order valence-electron chi connectivity index (χ2n) is 5.46. The molecule has 1 aromatic rings. The molecule has 0 aliphatic heterocycles. The third-order valence-electron chi connectivity index (χ3n) is 2.56. The Bertz CT molecular complexity index is 611. The first-order valence-electron chi connectivity index (χ1n) is 5.63. The van der Waals surface area contributed by atoms with Crippen molar-refractivity contribution >= 4 is 5.82 Å². The van der Waals surface area contributed by atoms with Gasteiger partial charge in [0.25, 0.3) is 5.56 Å². The standard InChI is InChI=1S/C12H18N4O2/c1-12(2,3)7-14-9-8(6-13)10(17)16(5)11(18)15(9)4/h14H,7H2,1-5H3. The van der Waals surface area contributed by atoms with Crippen molar-refractivity contribution in [2.45, 2.75) is 20.8 Å². The van der Waals surface area contributed by atoms with Crippen molar-refractivity contribution in [3.8, 4) is 6.07 Å². The Morgan fingerprint density at radius 1 is 1.22 bits per heavy atom. The fourth-order valence-corrected chi connectivity index (χ4v) is 1.50. The number of nitrogens with zero attached hydrogens (tertiary/aromatic N) is 3. The molecule has 0 amide bonds. The van der Waals surface area contributed by atoms with Crippen LogP contribution in [0.3, 0.4) is 0 Å².